The van der Waals surface area contributed by atoms with Crippen LogP contribution >= 0.6 is 0 Å². The molecule has 3 heteroatoms. The molecule has 1 aromatic carbocycles. The molecule has 0 saturated carbocycles. The zero-order chi connectivity index (χ0) is 11.3. The molecule has 15 heavy (non-hydrogen) atoms. The van der Waals surface area contributed by atoms with Gasteiger partial charge in [-0.2, -0.15) is 0 Å². The molecule has 0 aliphatic heterocycles. The zero-order valence-corrected chi connectivity index (χ0v) is 9.27. The summed E-state index contributed by atoms with van der Waals surface area (Å²) in [6.07, 6.45) is 0. The Morgan fingerprint density at radius 2 is 1.67 bits per heavy atom. The second-order valence-corrected chi connectivity index (χ2v) is 3.86. The molecular formula is C12H19NO2. The van der Waals surface area contributed by atoms with Gasteiger partial charge in [-0.3, -0.25) is 0 Å². The standard InChI is InChI=1S/C12H19NO2/c1-9-3-5-11(6-4-9)10(2)13-12(7-14)8-15/h3-6,10,12-15H,7-8H2,1-2H3/t10-/m0/s1. The van der Waals surface area contributed by atoms with E-state index in [1.54, 1.807) is 0 Å². The highest BCUT2D eigenvalue weighted by molar-refractivity contribution is 5.23. The van der Waals surface area contributed by atoms with Gasteiger partial charge >= 0.3 is 0 Å². The van der Waals surface area contributed by atoms with Crippen molar-refractivity contribution >= 4 is 0 Å². The quantitative estimate of drug-likeness (QED) is 0.678. The van der Waals surface area contributed by atoms with Gasteiger partial charge in [-0.05, 0) is 19.4 Å². The van der Waals surface area contributed by atoms with Crippen molar-refractivity contribution in [2.45, 2.75) is 25.9 Å². The summed E-state index contributed by atoms with van der Waals surface area (Å²) in [6.45, 7) is 3.97. The molecule has 3 N–H and O–H groups in total. The van der Waals surface area contributed by atoms with Crippen LogP contribution in [0.4, 0.5) is 0 Å². The summed E-state index contributed by atoms with van der Waals surface area (Å²) in [5.74, 6) is 0. The summed E-state index contributed by atoms with van der Waals surface area (Å²) in [6, 6.07) is 8.11. The van der Waals surface area contributed by atoms with Crippen molar-refractivity contribution in [3.63, 3.8) is 0 Å². The third kappa shape index (κ3) is 3.63. The van der Waals surface area contributed by atoms with E-state index in [0.29, 0.717) is 0 Å². The van der Waals surface area contributed by atoms with Crippen molar-refractivity contribution in [2.75, 3.05) is 13.2 Å². The molecule has 1 atom stereocenters. The van der Waals surface area contributed by atoms with Crippen LogP contribution in [0.15, 0.2) is 24.3 Å². The Bertz CT molecular complexity index is 280. The highest BCUT2D eigenvalue weighted by atomic mass is 16.3. The Morgan fingerprint density at radius 3 is 2.13 bits per heavy atom. The lowest BCUT2D eigenvalue weighted by Crippen LogP contribution is -2.37. The van der Waals surface area contributed by atoms with Crippen LogP contribution in [-0.4, -0.2) is 29.5 Å². The Labute approximate surface area is 90.8 Å². The molecule has 0 aliphatic carbocycles. The number of aliphatic hydroxyl groups excluding tert-OH is 2. The molecule has 84 valence electrons. The highest BCUT2D eigenvalue weighted by Crippen LogP contribution is 2.13. The maximum Gasteiger partial charge on any atom is 0.0607 e. The second kappa shape index (κ2) is 5.85. The first-order chi connectivity index (χ1) is 7.17. The minimum Gasteiger partial charge on any atom is -0.395 e. The van der Waals surface area contributed by atoms with E-state index in [9.17, 15) is 0 Å². The van der Waals surface area contributed by atoms with Gasteiger partial charge < -0.3 is 15.5 Å². The van der Waals surface area contributed by atoms with Crippen molar-refractivity contribution in [2.24, 2.45) is 0 Å². The van der Waals surface area contributed by atoms with Gasteiger partial charge in [-0.1, -0.05) is 29.8 Å². The van der Waals surface area contributed by atoms with Crippen LogP contribution < -0.4 is 5.32 Å². The summed E-state index contributed by atoms with van der Waals surface area (Å²) in [4.78, 5) is 0. The molecule has 0 unspecified atom stereocenters. The number of benzene rings is 1. The number of hydrogen-bond donors (Lipinski definition) is 3. The second-order valence-electron chi connectivity index (χ2n) is 3.86. The Hall–Kier alpha value is -0.900. The molecule has 0 saturated heterocycles. The van der Waals surface area contributed by atoms with Crippen LogP contribution in [0, 0.1) is 6.92 Å². The summed E-state index contributed by atoms with van der Waals surface area (Å²) < 4.78 is 0. The first-order valence-electron chi connectivity index (χ1n) is 5.21. The van der Waals surface area contributed by atoms with Crippen LogP contribution in [0.25, 0.3) is 0 Å². The lowest BCUT2D eigenvalue weighted by atomic mass is 10.1. The van der Waals surface area contributed by atoms with Gasteiger partial charge in [0.15, 0.2) is 0 Å². The van der Waals surface area contributed by atoms with E-state index >= 15 is 0 Å². The lowest BCUT2D eigenvalue weighted by Gasteiger charge is -2.20. The number of aryl methyl sites for hydroxylation is 1. The molecule has 0 aromatic heterocycles. The van der Waals surface area contributed by atoms with E-state index in [4.69, 9.17) is 10.2 Å². The summed E-state index contributed by atoms with van der Waals surface area (Å²) >= 11 is 0. The normalized spacial score (nSPS) is 13.1. The molecule has 3 nitrogen and oxygen atoms in total. The van der Waals surface area contributed by atoms with E-state index in [0.717, 1.165) is 5.56 Å². The fraction of sp³-hybridized carbons (Fsp3) is 0.500. The van der Waals surface area contributed by atoms with Crippen molar-refractivity contribution in [3.05, 3.63) is 35.4 Å². The van der Waals surface area contributed by atoms with Gasteiger partial charge in [-0.15, -0.1) is 0 Å². The van der Waals surface area contributed by atoms with Crippen molar-refractivity contribution in [1.82, 2.24) is 5.32 Å². The van der Waals surface area contributed by atoms with Crippen LogP contribution in [-0.2, 0) is 0 Å². The van der Waals surface area contributed by atoms with E-state index in [1.165, 1.54) is 5.56 Å². The Morgan fingerprint density at radius 1 is 1.13 bits per heavy atom. The van der Waals surface area contributed by atoms with E-state index < -0.39 is 0 Å². The lowest BCUT2D eigenvalue weighted by molar-refractivity contribution is 0.163. The predicted molar refractivity (Wildman–Crippen MR) is 60.7 cm³/mol. The first kappa shape index (κ1) is 12.2. The Balaban J connectivity index is 2.60. The number of rotatable bonds is 5. The van der Waals surface area contributed by atoms with Gasteiger partial charge in [0.25, 0.3) is 0 Å². The van der Waals surface area contributed by atoms with Crippen LogP contribution in [0.5, 0.6) is 0 Å². The van der Waals surface area contributed by atoms with E-state index in [-0.39, 0.29) is 25.3 Å². The van der Waals surface area contributed by atoms with Gasteiger partial charge in [0.2, 0.25) is 0 Å². The SMILES string of the molecule is Cc1ccc([C@H](C)NC(CO)CO)cc1. The molecule has 0 aliphatic rings. The third-order valence-electron chi connectivity index (χ3n) is 2.50. The molecule has 0 spiro atoms. The van der Waals surface area contributed by atoms with Crippen LogP contribution in [0.2, 0.25) is 0 Å². The van der Waals surface area contributed by atoms with Gasteiger partial charge in [0.1, 0.15) is 0 Å². The average Bonchev–Trinajstić information content (AvgIpc) is 2.26. The Kier molecular flexibility index (Phi) is 4.75. The van der Waals surface area contributed by atoms with Gasteiger partial charge in [0, 0.05) is 6.04 Å². The molecule has 1 aromatic rings. The molecule has 0 bridgehead atoms. The van der Waals surface area contributed by atoms with Gasteiger partial charge in [0.05, 0.1) is 19.3 Å². The predicted octanol–water partition coefficient (Wildman–Crippen LogP) is 0.999. The average molecular weight is 209 g/mol. The monoisotopic (exact) mass is 209 g/mol. The third-order valence-corrected chi connectivity index (χ3v) is 2.50. The zero-order valence-electron chi connectivity index (χ0n) is 9.27. The number of nitrogens with one attached hydrogen (secondary N) is 1. The number of aliphatic hydroxyl groups is 2. The molecular weight excluding hydrogens is 190 g/mol. The first-order valence-corrected chi connectivity index (χ1v) is 5.21. The van der Waals surface area contributed by atoms with Gasteiger partial charge in [-0.25, -0.2) is 0 Å². The fourth-order valence-electron chi connectivity index (χ4n) is 1.47. The molecule has 0 fully saturated rings. The van der Waals surface area contributed by atoms with Crippen LogP contribution in [0.3, 0.4) is 0 Å². The maximum absolute atomic E-state index is 8.94. The fourth-order valence-corrected chi connectivity index (χ4v) is 1.47. The minimum atomic E-state index is -0.249. The van der Waals surface area contributed by atoms with Crippen LogP contribution in [0.1, 0.15) is 24.1 Å². The summed E-state index contributed by atoms with van der Waals surface area (Å²) in [5.41, 5.74) is 2.39. The van der Waals surface area contributed by atoms with E-state index in [2.05, 4.69) is 29.6 Å². The summed E-state index contributed by atoms with van der Waals surface area (Å²) in [7, 11) is 0. The molecule has 0 radical (unpaired) electrons. The van der Waals surface area contributed by atoms with Crippen molar-refractivity contribution in [1.29, 1.82) is 0 Å². The van der Waals surface area contributed by atoms with Crippen molar-refractivity contribution < 1.29 is 10.2 Å². The smallest absolute Gasteiger partial charge is 0.0607 e. The minimum absolute atomic E-state index is 0.0489. The van der Waals surface area contributed by atoms with Crippen molar-refractivity contribution in [3.8, 4) is 0 Å². The molecule has 1 rings (SSSR count). The topological polar surface area (TPSA) is 52.5 Å². The molecule has 0 amide bonds. The largest absolute Gasteiger partial charge is 0.395 e. The highest BCUT2D eigenvalue weighted by Gasteiger charge is 2.10. The molecule has 0 heterocycles. The summed E-state index contributed by atoms with van der Waals surface area (Å²) in [5, 5.41) is 21.0. The van der Waals surface area contributed by atoms with E-state index in [1.807, 2.05) is 13.8 Å². The maximum atomic E-state index is 8.94. The number of hydrogen-bond acceptors (Lipinski definition) is 3.